The second-order valence-electron chi connectivity index (χ2n) is 10.4. The summed E-state index contributed by atoms with van der Waals surface area (Å²) in [6.07, 6.45) is -3.56. The average Bonchev–Trinajstić information content (AvgIpc) is 3.78. The fourth-order valence-electron chi connectivity index (χ4n) is 5.03. The quantitative estimate of drug-likeness (QED) is 0.317. The largest absolute Gasteiger partial charge is 0.733 e. The normalized spacial score (nSPS) is 32.4. The van der Waals surface area contributed by atoms with Crippen molar-refractivity contribution in [1.82, 2.24) is 10.2 Å². The number of nitrogens with zero attached hydrogens (tertiary/aromatic N) is 3. The molecular formula is C26H28N4O10-2. The number of anilines is 2. The van der Waals surface area contributed by atoms with Crippen molar-refractivity contribution in [2.75, 3.05) is 10.5 Å². The summed E-state index contributed by atoms with van der Waals surface area (Å²) in [4.78, 5) is 40.6. The van der Waals surface area contributed by atoms with Crippen molar-refractivity contribution in [1.29, 1.82) is 0 Å². The lowest BCUT2D eigenvalue weighted by atomic mass is 9.98. The maximum Gasteiger partial charge on any atom is 0.260 e. The molecule has 14 nitrogen and oxygen atoms in total. The van der Waals surface area contributed by atoms with Gasteiger partial charge in [-0.05, 0) is 63.1 Å². The third kappa shape index (κ3) is 4.69. The van der Waals surface area contributed by atoms with Gasteiger partial charge in [0, 0.05) is 0 Å². The highest BCUT2D eigenvalue weighted by Crippen LogP contribution is 2.52. The first-order chi connectivity index (χ1) is 18.8. The van der Waals surface area contributed by atoms with Crippen LogP contribution in [0.25, 0.3) is 0 Å². The molecule has 14 heteroatoms. The molecule has 0 spiro atoms. The van der Waals surface area contributed by atoms with Gasteiger partial charge in [-0.3, -0.25) is 24.8 Å². The third-order valence-corrected chi connectivity index (χ3v) is 7.58. The first kappa shape index (κ1) is 27.9. The Balaban J connectivity index is 1.27. The van der Waals surface area contributed by atoms with E-state index >= 15 is 0 Å². The molecule has 40 heavy (non-hydrogen) atoms. The lowest BCUT2D eigenvalue weighted by Crippen LogP contribution is -2.52. The van der Waals surface area contributed by atoms with Crippen LogP contribution in [0, 0.1) is 10.4 Å². The van der Waals surface area contributed by atoms with Gasteiger partial charge in [0.05, 0.1) is 17.4 Å². The van der Waals surface area contributed by atoms with Crippen LogP contribution in [-0.2, 0) is 28.6 Å². The maximum absolute atomic E-state index is 13.7. The SMILES string of the molecule is CC(=O)C1OC(NC(=O)C2(C)OC2c2ccc(N([O-])O)cc2)C(C)N1C(=O)C1(C)OC1c1ccc(N([O-])O)cc1. The van der Waals surface area contributed by atoms with E-state index in [9.17, 15) is 24.8 Å². The van der Waals surface area contributed by atoms with Gasteiger partial charge in [0.1, 0.15) is 12.2 Å². The molecule has 0 bridgehead atoms. The fraction of sp³-hybridized carbons (Fsp3) is 0.423. The highest BCUT2D eigenvalue weighted by molar-refractivity contribution is 5.94. The van der Waals surface area contributed by atoms with Gasteiger partial charge in [-0.1, -0.05) is 24.3 Å². The number of nitrogens with one attached hydrogen (secondary N) is 1. The molecule has 3 aliphatic rings. The molecule has 3 fully saturated rings. The highest BCUT2D eigenvalue weighted by Gasteiger charge is 2.64. The molecule has 0 aromatic heterocycles. The van der Waals surface area contributed by atoms with Crippen LogP contribution in [0.2, 0.25) is 0 Å². The number of epoxide rings is 2. The van der Waals surface area contributed by atoms with E-state index in [1.165, 1.54) is 36.1 Å². The molecule has 3 heterocycles. The number of ketones is 1. The maximum atomic E-state index is 13.7. The Morgan fingerprint density at radius 1 is 0.875 bits per heavy atom. The monoisotopic (exact) mass is 556 g/mol. The third-order valence-electron chi connectivity index (χ3n) is 7.58. The van der Waals surface area contributed by atoms with E-state index in [1.54, 1.807) is 45.0 Å². The summed E-state index contributed by atoms with van der Waals surface area (Å²) >= 11 is 0. The van der Waals surface area contributed by atoms with Gasteiger partial charge in [-0.15, -0.1) is 0 Å². The van der Waals surface area contributed by atoms with Gasteiger partial charge < -0.3 is 45.3 Å². The Kier molecular flexibility index (Phi) is 6.82. The number of ether oxygens (including phenoxy) is 3. The lowest BCUT2D eigenvalue weighted by Gasteiger charge is -2.27. The summed E-state index contributed by atoms with van der Waals surface area (Å²) in [5.74, 6) is -1.48. The Labute approximate surface area is 228 Å². The summed E-state index contributed by atoms with van der Waals surface area (Å²) in [7, 11) is 0. The molecule has 3 saturated heterocycles. The molecular weight excluding hydrogens is 528 g/mol. The minimum absolute atomic E-state index is 0.0149. The van der Waals surface area contributed by atoms with Gasteiger partial charge in [0.2, 0.25) is 0 Å². The minimum atomic E-state index is -1.32. The van der Waals surface area contributed by atoms with Gasteiger partial charge in [0.15, 0.2) is 29.4 Å². The lowest BCUT2D eigenvalue weighted by molar-refractivity contribution is -0.151. The Morgan fingerprint density at radius 2 is 1.32 bits per heavy atom. The molecule has 3 N–H and O–H groups in total. The molecule has 0 saturated carbocycles. The molecule has 0 radical (unpaired) electrons. The number of carbonyl (C=O) groups is 3. The van der Waals surface area contributed by atoms with E-state index < -0.39 is 59.5 Å². The number of Topliss-reactive ketones (excluding diaryl/α,β-unsaturated/α-hetero) is 1. The van der Waals surface area contributed by atoms with Crippen molar-refractivity contribution in [3.63, 3.8) is 0 Å². The van der Waals surface area contributed by atoms with E-state index in [2.05, 4.69) is 5.32 Å². The van der Waals surface area contributed by atoms with Crippen molar-refractivity contribution in [3.05, 3.63) is 70.1 Å². The summed E-state index contributed by atoms with van der Waals surface area (Å²) in [5.41, 5.74) is -1.34. The molecule has 2 aromatic rings. The van der Waals surface area contributed by atoms with E-state index in [0.717, 1.165) is 0 Å². The molecule has 2 amide bonds. The highest BCUT2D eigenvalue weighted by atomic mass is 16.8. The van der Waals surface area contributed by atoms with Crippen LogP contribution < -0.4 is 15.8 Å². The number of amides is 2. The van der Waals surface area contributed by atoms with Crippen molar-refractivity contribution < 1.29 is 39.0 Å². The molecule has 7 unspecified atom stereocenters. The smallest absolute Gasteiger partial charge is 0.260 e. The molecule has 3 aliphatic heterocycles. The number of hydrogen-bond acceptors (Lipinski definition) is 12. The summed E-state index contributed by atoms with van der Waals surface area (Å²) in [6.45, 7) is 6.07. The van der Waals surface area contributed by atoms with Crippen LogP contribution in [0.5, 0.6) is 0 Å². The topological polar surface area (TPSA) is 194 Å². The van der Waals surface area contributed by atoms with Gasteiger partial charge in [0.25, 0.3) is 11.8 Å². The van der Waals surface area contributed by atoms with Crippen LogP contribution in [0.4, 0.5) is 11.4 Å². The van der Waals surface area contributed by atoms with Crippen LogP contribution in [0.15, 0.2) is 48.5 Å². The second-order valence-corrected chi connectivity index (χ2v) is 10.4. The van der Waals surface area contributed by atoms with Crippen molar-refractivity contribution in [2.24, 2.45) is 0 Å². The summed E-state index contributed by atoms with van der Waals surface area (Å²) < 4.78 is 17.2. The zero-order valence-electron chi connectivity index (χ0n) is 22.0. The van der Waals surface area contributed by atoms with Crippen molar-refractivity contribution in [3.8, 4) is 0 Å². The molecule has 214 valence electrons. The predicted molar refractivity (Wildman–Crippen MR) is 136 cm³/mol. The number of carbonyl (C=O) groups excluding carboxylic acids is 3. The van der Waals surface area contributed by atoms with E-state index in [1.807, 2.05) is 0 Å². The standard InChI is InChI=1S/C26H28N4O10/c1-13-21(27-23(32)25(3)19(39-25)15-5-9-17(10-6-15)29(34)35)38-22(14(2)31)28(13)24(33)26(4)20(40-26)16-7-11-18(12-8-16)30(36)37/h5-13,19-22,34,36H,1-4H3,(H,27,32)/q-2. The number of benzene rings is 2. The average molecular weight is 557 g/mol. The van der Waals surface area contributed by atoms with Crippen LogP contribution in [0.1, 0.15) is 51.0 Å². The van der Waals surface area contributed by atoms with Crippen LogP contribution >= 0.6 is 0 Å². The zero-order chi connectivity index (χ0) is 29.1. The molecule has 2 aromatic carbocycles. The van der Waals surface area contributed by atoms with Crippen LogP contribution in [0.3, 0.4) is 0 Å². The van der Waals surface area contributed by atoms with E-state index in [4.69, 9.17) is 24.6 Å². The van der Waals surface area contributed by atoms with Crippen LogP contribution in [-0.4, -0.2) is 62.6 Å². The van der Waals surface area contributed by atoms with Crippen molar-refractivity contribution in [2.45, 2.75) is 69.6 Å². The predicted octanol–water partition coefficient (Wildman–Crippen LogP) is 2.04. The Morgan fingerprint density at radius 3 is 1.77 bits per heavy atom. The van der Waals surface area contributed by atoms with Crippen molar-refractivity contribution >= 4 is 29.0 Å². The number of rotatable bonds is 8. The second kappa shape index (κ2) is 9.78. The van der Waals surface area contributed by atoms with E-state index in [-0.39, 0.29) is 21.8 Å². The fourth-order valence-corrected chi connectivity index (χ4v) is 5.03. The molecule has 0 aliphatic carbocycles. The van der Waals surface area contributed by atoms with Gasteiger partial charge in [-0.2, -0.15) is 0 Å². The van der Waals surface area contributed by atoms with E-state index in [0.29, 0.717) is 11.1 Å². The summed E-state index contributed by atoms with van der Waals surface area (Å²) in [5, 5.41) is 42.3. The van der Waals surface area contributed by atoms with Gasteiger partial charge >= 0.3 is 0 Å². The van der Waals surface area contributed by atoms with Gasteiger partial charge in [-0.25, -0.2) is 0 Å². The first-order valence-electron chi connectivity index (χ1n) is 12.5. The Bertz CT molecular complexity index is 1320. The molecule has 5 rings (SSSR count). The molecule has 7 atom stereocenters. The minimum Gasteiger partial charge on any atom is -0.733 e. The first-order valence-corrected chi connectivity index (χ1v) is 12.5. The zero-order valence-corrected chi connectivity index (χ0v) is 22.0. The Hall–Kier alpha value is -3.63. The summed E-state index contributed by atoms with van der Waals surface area (Å²) in [6, 6.07) is 11.0. The number of hydrogen-bond donors (Lipinski definition) is 3.